The zero-order valence-corrected chi connectivity index (χ0v) is 13.2. The molecule has 0 bridgehead atoms. The Kier molecular flexibility index (Phi) is 3.31. The van der Waals surface area contributed by atoms with Gasteiger partial charge in [0.1, 0.15) is 5.75 Å². The minimum atomic E-state index is -1.68. The summed E-state index contributed by atoms with van der Waals surface area (Å²) >= 11 is 0. The second-order valence-corrected chi connectivity index (χ2v) is 7.68. The molecule has 5 atom stereocenters. The average molecular weight is 320 g/mol. The summed E-state index contributed by atoms with van der Waals surface area (Å²) in [4.78, 5) is 0. The van der Waals surface area contributed by atoms with Gasteiger partial charge in [-0.25, -0.2) is 0 Å². The third-order valence-corrected chi connectivity index (χ3v) is 6.73. The molecular weight excluding hydrogens is 298 g/mol. The standard InChI is InChI=1S/C19H22F2O2/c1-19-7-6-13-12-5-3-11(22)8-10(12)2-4-14(13)15(19)9-16(23)17(19)18(20)21/h3,5,8,13-16,22-23H,2,4,6-7,9H2,1H3/t13-,14-,15+,16-,19+/m1/s1. The first kappa shape index (κ1) is 15.1. The number of hydrogen-bond acceptors (Lipinski definition) is 2. The molecule has 1 aromatic rings. The number of hydrogen-bond donors (Lipinski definition) is 2. The molecule has 2 fully saturated rings. The lowest BCUT2D eigenvalue weighted by Crippen LogP contribution is -2.40. The molecule has 124 valence electrons. The van der Waals surface area contributed by atoms with Crippen molar-refractivity contribution in [3.8, 4) is 5.75 Å². The number of benzene rings is 1. The molecular formula is C19H22F2O2. The van der Waals surface area contributed by atoms with Crippen LogP contribution in [0.4, 0.5) is 8.78 Å². The largest absolute Gasteiger partial charge is 0.508 e. The van der Waals surface area contributed by atoms with Crippen LogP contribution in [0, 0.1) is 17.3 Å². The second kappa shape index (κ2) is 5.04. The highest BCUT2D eigenvalue weighted by Crippen LogP contribution is 2.63. The van der Waals surface area contributed by atoms with Crippen LogP contribution in [0.2, 0.25) is 0 Å². The van der Waals surface area contributed by atoms with Crippen molar-refractivity contribution in [1.82, 2.24) is 0 Å². The van der Waals surface area contributed by atoms with Gasteiger partial charge in [0, 0.05) is 5.57 Å². The van der Waals surface area contributed by atoms with E-state index >= 15 is 0 Å². The number of aliphatic hydroxyl groups is 1. The van der Waals surface area contributed by atoms with Gasteiger partial charge in [-0.15, -0.1) is 0 Å². The van der Waals surface area contributed by atoms with E-state index in [0.29, 0.717) is 30.4 Å². The van der Waals surface area contributed by atoms with Gasteiger partial charge < -0.3 is 10.2 Å². The summed E-state index contributed by atoms with van der Waals surface area (Å²) in [6.07, 6.45) is 1.19. The molecule has 3 aliphatic carbocycles. The normalized spacial score (nSPS) is 38.7. The number of aromatic hydroxyl groups is 1. The Morgan fingerprint density at radius 1 is 1.26 bits per heavy atom. The minimum absolute atomic E-state index is 0.00236. The molecule has 4 rings (SSSR count). The highest BCUT2D eigenvalue weighted by atomic mass is 19.3. The topological polar surface area (TPSA) is 40.5 Å². The molecule has 0 unspecified atom stereocenters. The first-order valence-corrected chi connectivity index (χ1v) is 8.47. The molecule has 0 aromatic heterocycles. The van der Waals surface area contributed by atoms with Crippen LogP contribution in [0.1, 0.15) is 49.7 Å². The van der Waals surface area contributed by atoms with Gasteiger partial charge in [-0.2, -0.15) is 8.78 Å². The number of fused-ring (bicyclic) bond motifs is 5. The van der Waals surface area contributed by atoms with Crippen LogP contribution >= 0.6 is 0 Å². The highest BCUT2D eigenvalue weighted by Gasteiger charge is 2.56. The number of halogens is 2. The summed E-state index contributed by atoms with van der Waals surface area (Å²) in [6, 6.07) is 5.57. The molecule has 4 heteroatoms. The summed E-state index contributed by atoms with van der Waals surface area (Å²) in [6.45, 7) is 1.92. The Balaban J connectivity index is 1.74. The van der Waals surface area contributed by atoms with Crippen LogP contribution in [0.25, 0.3) is 0 Å². The lowest BCUT2D eigenvalue weighted by molar-refractivity contribution is 0.0761. The molecule has 1 aromatic carbocycles. The van der Waals surface area contributed by atoms with Gasteiger partial charge in [-0.1, -0.05) is 13.0 Å². The smallest absolute Gasteiger partial charge is 0.272 e. The average Bonchev–Trinajstić information content (AvgIpc) is 2.77. The molecule has 0 amide bonds. The van der Waals surface area contributed by atoms with Crippen LogP contribution in [0.15, 0.2) is 29.9 Å². The van der Waals surface area contributed by atoms with E-state index < -0.39 is 17.6 Å². The monoisotopic (exact) mass is 320 g/mol. The predicted molar refractivity (Wildman–Crippen MR) is 83.4 cm³/mol. The van der Waals surface area contributed by atoms with Crippen LogP contribution in [-0.2, 0) is 6.42 Å². The second-order valence-electron chi connectivity index (χ2n) is 7.68. The third kappa shape index (κ3) is 2.07. The van der Waals surface area contributed by atoms with E-state index in [4.69, 9.17) is 0 Å². The first-order valence-electron chi connectivity index (χ1n) is 8.47. The van der Waals surface area contributed by atoms with E-state index in [0.717, 1.165) is 19.3 Å². The van der Waals surface area contributed by atoms with E-state index in [-0.39, 0.29) is 11.5 Å². The van der Waals surface area contributed by atoms with Crippen LogP contribution in [0.5, 0.6) is 5.75 Å². The Bertz CT molecular complexity index is 680. The number of rotatable bonds is 0. The van der Waals surface area contributed by atoms with Gasteiger partial charge in [0.15, 0.2) is 0 Å². The van der Waals surface area contributed by atoms with Gasteiger partial charge >= 0.3 is 0 Å². The van der Waals surface area contributed by atoms with E-state index in [1.54, 1.807) is 6.07 Å². The fraction of sp³-hybridized carbons (Fsp3) is 0.579. The molecule has 23 heavy (non-hydrogen) atoms. The summed E-state index contributed by atoms with van der Waals surface area (Å²) in [7, 11) is 0. The fourth-order valence-corrected chi connectivity index (χ4v) is 5.74. The van der Waals surface area contributed by atoms with Gasteiger partial charge in [-0.05, 0) is 78.5 Å². The lowest BCUT2D eigenvalue weighted by atomic mass is 9.55. The van der Waals surface area contributed by atoms with Crippen molar-refractivity contribution < 1.29 is 19.0 Å². The zero-order valence-electron chi connectivity index (χ0n) is 13.2. The maximum absolute atomic E-state index is 13.4. The van der Waals surface area contributed by atoms with Gasteiger partial charge in [-0.3, -0.25) is 0 Å². The van der Waals surface area contributed by atoms with Crippen molar-refractivity contribution in [2.75, 3.05) is 0 Å². The fourth-order valence-electron chi connectivity index (χ4n) is 5.74. The van der Waals surface area contributed by atoms with Crippen molar-refractivity contribution in [2.24, 2.45) is 17.3 Å². The number of phenolic OH excluding ortho intramolecular Hbond substituents is 1. The molecule has 0 saturated heterocycles. The quantitative estimate of drug-likeness (QED) is 0.745. The minimum Gasteiger partial charge on any atom is -0.508 e. The molecule has 2 nitrogen and oxygen atoms in total. The predicted octanol–water partition coefficient (Wildman–Crippen LogP) is 4.37. The Hall–Kier alpha value is -1.42. The molecule has 0 aliphatic heterocycles. The Morgan fingerprint density at radius 3 is 2.78 bits per heavy atom. The van der Waals surface area contributed by atoms with Crippen LogP contribution in [0.3, 0.4) is 0 Å². The first-order chi connectivity index (χ1) is 10.9. The summed E-state index contributed by atoms with van der Waals surface area (Å²) in [5, 5.41) is 19.9. The molecule has 2 N–H and O–H groups in total. The maximum atomic E-state index is 13.4. The van der Waals surface area contributed by atoms with Crippen LogP contribution in [-0.4, -0.2) is 16.3 Å². The lowest BCUT2D eigenvalue weighted by Gasteiger charge is -2.49. The summed E-state index contributed by atoms with van der Waals surface area (Å²) < 4.78 is 26.8. The highest BCUT2D eigenvalue weighted by molar-refractivity contribution is 5.41. The van der Waals surface area contributed by atoms with E-state index in [1.807, 2.05) is 19.1 Å². The van der Waals surface area contributed by atoms with Crippen molar-refractivity contribution in [2.45, 2.75) is 51.0 Å². The maximum Gasteiger partial charge on any atom is 0.272 e. The molecule has 0 spiro atoms. The Labute approximate surface area is 134 Å². The third-order valence-electron chi connectivity index (χ3n) is 6.73. The number of aryl methyl sites for hydroxylation is 1. The molecule has 0 heterocycles. The van der Waals surface area contributed by atoms with Crippen molar-refractivity contribution in [3.63, 3.8) is 0 Å². The van der Waals surface area contributed by atoms with E-state index in [1.165, 1.54) is 11.1 Å². The van der Waals surface area contributed by atoms with Gasteiger partial charge in [0.2, 0.25) is 0 Å². The van der Waals surface area contributed by atoms with E-state index in [2.05, 4.69) is 0 Å². The SMILES string of the molecule is C[C@]12CC[C@@H]3c4ccc(O)cc4CC[C@H]3[C@@H]1C[C@@H](O)C2=C(F)F. The van der Waals surface area contributed by atoms with Gasteiger partial charge in [0.05, 0.1) is 6.10 Å². The molecule has 2 saturated carbocycles. The summed E-state index contributed by atoms with van der Waals surface area (Å²) in [5.41, 5.74) is 1.90. The van der Waals surface area contributed by atoms with Crippen molar-refractivity contribution >= 4 is 0 Å². The zero-order chi connectivity index (χ0) is 16.4. The number of phenols is 1. The van der Waals surface area contributed by atoms with Gasteiger partial charge in [0.25, 0.3) is 6.08 Å². The van der Waals surface area contributed by atoms with Crippen molar-refractivity contribution in [3.05, 3.63) is 41.0 Å². The molecule has 3 aliphatic rings. The molecule has 0 radical (unpaired) electrons. The van der Waals surface area contributed by atoms with E-state index in [9.17, 15) is 19.0 Å². The van der Waals surface area contributed by atoms with Crippen LogP contribution < -0.4 is 0 Å². The Morgan fingerprint density at radius 2 is 2.04 bits per heavy atom. The van der Waals surface area contributed by atoms with Crippen molar-refractivity contribution in [1.29, 1.82) is 0 Å². The number of aliphatic hydroxyl groups excluding tert-OH is 1. The summed E-state index contributed by atoms with van der Waals surface area (Å²) in [5.74, 6) is 1.13.